The van der Waals surface area contributed by atoms with Gasteiger partial charge in [-0.15, -0.1) is 0 Å². The standard InChI is InChI=1S/C9H12N4/c1-3-12(2)8-7-11-13-6-4-5-10-9(8)13/h4-7H,3H2,1-2H3. The zero-order valence-corrected chi connectivity index (χ0v) is 7.81. The van der Waals surface area contributed by atoms with Crippen molar-refractivity contribution < 1.29 is 0 Å². The van der Waals surface area contributed by atoms with Crippen LogP contribution in [0.3, 0.4) is 0 Å². The van der Waals surface area contributed by atoms with Gasteiger partial charge >= 0.3 is 0 Å². The van der Waals surface area contributed by atoms with Crippen LogP contribution < -0.4 is 4.90 Å². The first-order chi connectivity index (χ1) is 6.33. The van der Waals surface area contributed by atoms with Crippen molar-refractivity contribution >= 4 is 11.3 Å². The SMILES string of the molecule is CCN(C)c1cnn2cccnc12. The fourth-order valence-electron chi connectivity index (χ4n) is 1.25. The highest BCUT2D eigenvalue weighted by atomic mass is 15.3. The van der Waals surface area contributed by atoms with Crippen molar-refractivity contribution in [3.8, 4) is 0 Å². The van der Waals surface area contributed by atoms with E-state index in [1.54, 1.807) is 10.7 Å². The highest BCUT2D eigenvalue weighted by Crippen LogP contribution is 2.16. The Labute approximate surface area is 76.8 Å². The van der Waals surface area contributed by atoms with Gasteiger partial charge in [-0.05, 0) is 13.0 Å². The van der Waals surface area contributed by atoms with E-state index in [4.69, 9.17) is 0 Å². The lowest BCUT2D eigenvalue weighted by molar-refractivity contribution is 0.939. The van der Waals surface area contributed by atoms with Crippen LogP contribution in [0.25, 0.3) is 5.65 Å². The van der Waals surface area contributed by atoms with E-state index >= 15 is 0 Å². The third-order valence-corrected chi connectivity index (χ3v) is 2.15. The highest BCUT2D eigenvalue weighted by Gasteiger charge is 2.06. The van der Waals surface area contributed by atoms with Crippen molar-refractivity contribution in [2.45, 2.75) is 6.92 Å². The third-order valence-electron chi connectivity index (χ3n) is 2.15. The number of rotatable bonds is 2. The van der Waals surface area contributed by atoms with E-state index in [0.29, 0.717) is 0 Å². The Morgan fingerprint density at radius 2 is 2.38 bits per heavy atom. The Bertz CT molecular complexity index is 407. The molecule has 68 valence electrons. The summed E-state index contributed by atoms with van der Waals surface area (Å²) in [5, 5.41) is 4.20. The van der Waals surface area contributed by atoms with Crippen molar-refractivity contribution in [1.82, 2.24) is 14.6 Å². The van der Waals surface area contributed by atoms with E-state index in [0.717, 1.165) is 17.9 Å². The molecule has 0 aliphatic carbocycles. The van der Waals surface area contributed by atoms with Crippen LogP contribution in [0.5, 0.6) is 0 Å². The van der Waals surface area contributed by atoms with Gasteiger partial charge in [-0.25, -0.2) is 9.50 Å². The van der Waals surface area contributed by atoms with Gasteiger partial charge in [0.2, 0.25) is 0 Å². The molecule has 4 nitrogen and oxygen atoms in total. The number of aromatic nitrogens is 3. The Morgan fingerprint density at radius 3 is 3.15 bits per heavy atom. The Morgan fingerprint density at radius 1 is 1.54 bits per heavy atom. The number of hydrogen-bond donors (Lipinski definition) is 0. The number of hydrogen-bond acceptors (Lipinski definition) is 3. The minimum atomic E-state index is 0.909. The van der Waals surface area contributed by atoms with Crippen molar-refractivity contribution in [3.05, 3.63) is 24.7 Å². The van der Waals surface area contributed by atoms with Crippen LogP contribution in [0.2, 0.25) is 0 Å². The first-order valence-electron chi connectivity index (χ1n) is 4.32. The lowest BCUT2D eigenvalue weighted by Crippen LogP contribution is -2.15. The molecule has 0 bridgehead atoms. The van der Waals surface area contributed by atoms with Crippen molar-refractivity contribution in [1.29, 1.82) is 0 Å². The average molecular weight is 176 g/mol. The van der Waals surface area contributed by atoms with Crippen LogP contribution in [0.4, 0.5) is 5.69 Å². The Balaban J connectivity index is 2.57. The molecule has 13 heavy (non-hydrogen) atoms. The maximum atomic E-state index is 4.27. The summed E-state index contributed by atoms with van der Waals surface area (Å²) < 4.78 is 1.78. The van der Waals surface area contributed by atoms with Gasteiger partial charge in [0.1, 0.15) is 5.69 Å². The summed E-state index contributed by atoms with van der Waals surface area (Å²) in [6.45, 7) is 3.06. The molecule has 0 amide bonds. The third kappa shape index (κ3) is 1.24. The first kappa shape index (κ1) is 8.04. The lowest BCUT2D eigenvalue weighted by atomic mass is 10.4. The average Bonchev–Trinajstić information content (AvgIpc) is 2.60. The van der Waals surface area contributed by atoms with Gasteiger partial charge in [0, 0.05) is 26.0 Å². The summed E-state index contributed by atoms with van der Waals surface area (Å²) in [6.07, 6.45) is 5.52. The van der Waals surface area contributed by atoms with Gasteiger partial charge in [-0.1, -0.05) is 0 Å². The fourth-order valence-corrected chi connectivity index (χ4v) is 1.25. The van der Waals surface area contributed by atoms with Gasteiger partial charge in [0.25, 0.3) is 0 Å². The van der Waals surface area contributed by atoms with Crippen molar-refractivity contribution in [3.63, 3.8) is 0 Å². The summed E-state index contributed by atoms with van der Waals surface area (Å²) in [5.41, 5.74) is 1.98. The molecule has 2 aromatic heterocycles. The second-order valence-electron chi connectivity index (χ2n) is 2.93. The largest absolute Gasteiger partial charge is 0.371 e. The molecule has 0 unspecified atom stereocenters. The molecule has 0 spiro atoms. The quantitative estimate of drug-likeness (QED) is 0.689. The molecule has 2 rings (SSSR count). The zero-order chi connectivity index (χ0) is 9.26. The molecule has 0 saturated carbocycles. The summed E-state index contributed by atoms with van der Waals surface area (Å²) >= 11 is 0. The van der Waals surface area contributed by atoms with Crippen LogP contribution in [-0.4, -0.2) is 28.2 Å². The monoisotopic (exact) mass is 176 g/mol. The van der Waals surface area contributed by atoms with E-state index in [2.05, 4.69) is 21.9 Å². The van der Waals surface area contributed by atoms with Crippen molar-refractivity contribution in [2.24, 2.45) is 0 Å². The first-order valence-corrected chi connectivity index (χ1v) is 4.32. The predicted molar refractivity (Wildman–Crippen MR) is 51.9 cm³/mol. The lowest BCUT2D eigenvalue weighted by Gasteiger charge is -2.13. The number of fused-ring (bicyclic) bond motifs is 1. The molecule has 0 aromatic carbocycles. The normalized spacial score (nSPS) is 10.6. The minimum Gasteiger partial charge on any atom is -0.371 e. The maximum absolute atomic E-state index is 4.27. The van der Waals surface area contributed by atoms with Crippen LogP contribution in [0.15, 0.2) is 24.7 Å². The molecule has 0 radical (unpaired) electrons. The van der Waals surface area contributed by atoms with Gasteiger partial charge in [0.05, 0.1) is 6.20 Å². The second kappa shape index (κ2) is 3.05. The Kier molecular flexibility index (Phi) is 1.88. The predicted octanol–water partition coefficient (Wildman–Crippen LogP) is 1.19. The molecule has 0 saturated heterocycles. The van der Waals surface area contributed by atoms with E-state index < -0.39 is 0 Å². The molecule has 4 heteroatoms. The molecular weight excluding hydrogens is 164 g/mol. The summed E-state index contributed by atoms with van der Waals surface area (Å²) in [5.74, 6) is 0. The second-order valence-corrected chi connectivity index (χ2v) is 2.93. The van der Waals surface area contributed by atoms with E-state index in [9.17, 15) is 0 Å². The molecule has 0 aliphatic rings. The zero-order valence-electron chi connectivity index (χ0n) is 7.81. The van der Waals surface area contributed by atoms with E-state index in [1.165, 1.54) is 0 Å². The highest BCUT2D eigenvalue weighted by molar-refractivity contribution is 5.67. The molecule has 0 N–H and O–H groups in total. The summed E-state index contributed by atoms with van der Waals surface area (Å²) in [4.78, 5) is 6.39. The molecule has 0 fully saturated rings. The number of nitrogens with zero attached hydrogens (tertiary/aromatic N) is 4. The molecular formula is C9H12N4. The van der Waals surface area contributed by atoms with Crippen LogP contribution in [-0.2, 0) is 0 Å². The van der Waals surface area contributed by atoms with Crippen LogP contribution in [0, 0.1) is 0 Å². The summed E-state index contributed by atoms with van der Waals surface area (Å²) in [7, 11) is 2.03. The van der Waals surface area contributed by atoms with Crippen molar-refractivity contribution in [2.75, 3.05) is 18.5 Å². The summed E-state index contributed by atoms with van der Waals surface area (Å²) in [6, 6.07) is 1.87. The van der Waals surface area contributed by atoms with Crippen LogP contribution >= 0.6 is 0 Å². The van der Waals surface area contributed by atoms with E-state index in [1.807, 2.05) is 25.5 Å². The van der Waals surface area contributed by atoms with Gasteiger partial charge in [-0.3, -0.25) is 0 Å². The number of anilines is 1. The van der Waals surface area contributed by atoms with Gasteiger partial charge < -0.3 is 4.90 Å². The van der Waals surface area contributed by atoms with Gasteiger partial charge in [-0.2, -0.15) is 5.10 Å². The molecule has 0 aliphatic heterocycles. The Hall–Kier alpha value is -1.58. The fraction of sp³-hybridized carbons (Fsp3) is 0.333. The topological polar surface area (TPSA) is 33.4 Å². The van der Waals surface area contributed by atoms with Crippen LogP contribution in [0.1, 0.15) is 6.92 Å². The van der Waals surface area contributed by atoms with Gasteiger partial charge in [0.15, 0.2) is 5.65 Å². The molecule has 2 aromatic rings. The maximum Gasteiger partial charge on any atom is 0.178 e. The van der Waals surface area contributed by atoms with E-state index in [-0.39, 0.29) is 0 Å². The minimum absolute atomic E-state index is 0.909. The molecule has 2 heterocycles. The smallest absolute Gasteiger partial charge is 0.178 e. The molecule has 0 atom stereocenters.